The Hall–Kier alpha value is -0.770. The molecule has 8 nitrogen and oxygen atoms in total. The fourth-order valence-electron chi connectivity index (χ4n) is 3.63. The second kappa shape index (κ2) is 16.9. The third-order valence-corrected chi connectivity index (χ3v) is 5.40. The van der Waals surface area contributed by atoms with E-state index >= 15 is 0 Å². The molecule has 0 aromatic heterocycles. The average molecular weight is 434 g/mol. The zero-order chi connectivity index (χ0) is 22.2. The molecule has 0 aliphatic carbocycles. The van der Waals surface area contributed by atoms with Crippen LogP contribution in [-0.2, 0) is 19.0 Å². The molecule has 0 bridgehead atoms. The molecule has 1 fully saturated rings. The molecule has 4 N–H and O–H groups in total. The molecule has 5 atom stereocenters. The van der Waals surface area contributed by atoms with Crippen molar-refractivity contribution in [1.82, 2.24) is 5.32 Å². The van der Waals surface area contributed by atoms with Crippen molar-refractivity contribution in [3.63, 3.8) is 0 Å². The maximum Gasteiger partial charge on any atom is 0.217 e. The van der Waals surface area contributed by atoms with Gasteiger partial charge in [-0.15, -0.1) is 0 Å². The van der Waals surface area contributed by atoms with Gasteiger partial charge in [0.25, 0.3) is 0 Å². The number of amides is 1. The minimum absolute atomic E-state index is 0.222. The van der Waals surface area contributed by atoms with Crippen LogP contribution in [0.4, 0.5) is 0 Å². The summed E-state index contributed by atoms with van der Waals surface area (Å²) in [6, 6.07) is -0.915. The van der Waals surface area contributed by atoms with Crippen LogP contribution in [0.5, 0.6) is 0 Å². The first-order valence-electron chi connectivity index (χ1n) is 11.6. The summed E-state index contributed by atoms with van der Waals surface area (Å²) in [5, 5.41) is 32.0. The maximum atomic E-state index is 11.4. The molecule has 1 rings (SSSR count). The van der Waals surface area contributed by atoms with Crippen molar-refractivity contribution in [3.8, 4) is 0 Å². The van der Waals surface area contributed by atoms with Crippen LogP contribution < -0.4 is 5.32 Å². The van der Waals surface area contributed by atoms with Crippen molar-refractivity contribution < 1.29 is 34.3 Å². The molecule has 0 aromatic rings. The van der Waals surface area contributed by atoms with Crippen LogP contribution >= 0.6 is 0 Å². The summed E-state index contributed by atoms with van der Waals surface area (Å²) in [5.74, 6) is -0.372. The number of aliphatic hydroxyl groups excluding tert-OH is 3. The summed E-state index contributed by atoms with van der Waals surface area (Å²) in [5.41, 5.74) is 0. The quantitative estimate of drug-likeness (QED) is 0.259. The minimum atomic E-state index is -1.31. The molecule has 30 heavy (non-hydrogen) atoms. The Labute approximate surface area is 181 Å². The third kappa shape index (κ3) is 11.0. The molecule has 1 aliphatic heterocycles. The van der Waals surface area contributed by atoms with E-state index in [0.29, 0.717) is 13.2 Å². The maximum absolute atomic E-state index is 11.4. The summed E-state index contributed by atoms with van der Waals surface area (Å²) in [6.45, 7) is 4.35. The molecule has 0 aromatic carbocycles. The van der Waals surface area contributed by atoms with Gasteiger partial charge in [0.05, 0.1) is 19.8 Å². The van der Waals surface area contributed by atoms with Gasteiger partial charge < -0.3 is 34.8 Å². The number of hydrogen-bond acceptors (Lipinski definition) is 7. The molecule has 0 saturated carbocycles. The highest BCUT2D eigenvalue weighted by Crippen LogP contribution is 2.22. The Balaban J connectivity index is 2.10. The summed E-state index contributed by atoms with van der Waals surface area (Å²) in [6.07, 6.45) is 8.22. The normalized spacial score (nSPS) is 26.6. The summed E-state index contributed by atoms with van der Waals surface area (Å²) < 4.78 is 16.7. The van der Waals surface area contributed by atoms with Crippen LogP contribution in [0.25, 0.3) is 0 Å². The van der Waals surface area contributed by atoms with Crippen LogP contribution in [0.15, 0.2) is 0 Å². The van der Waals surface area contributed by atoms with Gasteiger partial charge in [0.1, 0.15) is 24.4 Å². The van der Waals surface area contributed by atoms with Crippen molar-refractivity contribution in [2.75, 3.05) is 26.4 Å². The largest absolute Gasteiger partial charge is 0.394 e. The first kappa shape index (κ1) is 27.3. The van der Waals surface area contributed by atoms with Crippen LogP contribution in [0, 0.1) is 0 Å². The molecular formula is C22H43NO7. The first-order valence-corrected chi connectivity index (χ1v) is 11.6. The van der Waals surface area contributed by atoms with Crippen LogP contribution in [-0.4, -0.2) is 78.3 Å². The lowest BCUT2D eigenvalue weighted by molar-refractivity contribution is -0.272. The van der Waals surface area contributed by atoms with E-state index in [1.165, 1.54) is 58.3 Å². The number of unbranched alkanes of at least 4 members (excludes halogenated alkanes) is 9. The second-order valence-electron chi connectivity index (χ2n) is 8.10. The van der Waals surface area contributed by atoms with Gasteiger partial charge in [-0.3, -0.25) is 4.79 Å². The van der Waals surface area contributed by atoms with E-state index in [1.807, 2.05) is 0 Å². The highest BCUT2D eigenvalue weighted by molar-refractivity contribution is 5.73. The van der Waals surface area contributed by atoms with Gasteiger partial charge >= 0.3 is 0 Å². The summed E-state index contributed by atoms with van der Waals surface area (Å²) >= 11 is 0. The number of carbonyl (C=O) groups excluding carboxylic acids is 1. The molecule has 1 saturated heterocycles. The number of hydrogen-bond donors (Lipinski definition) is 4. The lowest BCUT2D eigenvalue weighted by Gasteiger charge is -2.42. The number of ether oxygens (including phenoxy) is 3. The van der Waals surface area contributed by atoms with E-state index in [2.05, 4.69) is 12.2 Å². The number of carbonyl (C=O) groups is 1. The van der Waals surface area contributed by atoms with Gasteiger partial charge in [0.2, 0.25) is 5.91 Å². The molecule has 178 valence electrons. The Morgan fingerprint density at radius 2 is 1.50 bits per heavy atom. The minimum Gasteiger partial charge on any atom is -0.394 e. The van der Waals surface area contributed by atoms with Crippen molar-refractivity contribution >= 4 is 5.91 Å². The van der Waals surface area contributed by atoms with Gasteiger partial charge in [-0.2, -0.15) is 0 Å². The summed E-state index contributed by atoms with van der Waals surface area (Å²) in [4.78, 5) is 11.4. The number of aliphatic hydroxyl groups is 3. The molecule has 1 heterocycles. The smallest absolute Gasteiger partial charge is 0.217 e. The molecule has 0 spiro atoms. The zero-order valence-corrected chi connectivity index (χ0v) is 18.8. The number of nitrogens with one attached hydrogen (secondary N) is 1. The molecular weight excluding hydrogens is 390 g/mol. The highest BCUT2D eigenvalue weighted by atomic mass is 16.7. The Morgan fingerprint density at radius 1 is 0.900 bits per heavy atom. The molecule has 8 heteroatoms. The van der Waals surface area contributed by atoms with Crippen LogP contribution in [0.2, 0.25) is 0 Å². The predicted octanol–water partition coefficient (Wildman–Crippen LogP) is 1.88. The fourth-order valence-corrected chi connectivity index (χ4v) is 3.63. The molecule has 1 amide bonds. The highest BCUT2D eigenvalue weighted by Gasteiger charge is 2.45. The fraction of sp³-hybridized carbons (Fsp3) is 0.955. The molecule has 1 unspecified atom stereocenters. The van der Waals surface area contributed by atoms with Gasteiger partial charge in [-0.25, -0.2) is 0 Å². The van der Waals surface area contributed by atoms with Crippen LogP contribution in [0.3, 0.4) is 0 Å². The second-order valence-corrected chi connectivity index (χ2v) is 8.10. The summed E-state index contributed by atoms with van der Waals surface area (Å²) in [7, 11) is 0. The van der Waals surface area contributed by atoms with E-state index < -0.39 is 37.3 Å². The Bertz CT molecular complexity index is 438. The lowest BCUT2D eigenvalue weighted by atomic mass is 9.97. The number of rotatable bonds is 17. The third-order valence-electron chi connectivity index (χ3n) is 5.40. The Kier molecular flexibility index (Phi) is 15.3. The van der Waals surface area contributed by atoms with Gasteiger partial charge in [-0.05, 0) is 6.42 Å². The van der Waals surface area contributed by atoms with E-state index in [-0.39, 0.29) is 12.5 Å². The topological polar surface area (TPSA) is 117 Å². The van der Waals surface area contributed by atoms with Crippen molar-refractivity contribution in [2.24, 2.45) is 0 Å². The Morgan fingerprint density at radius 3 is 2.07 bits per heavy atom. The van der Waals surface area contributed by atoms with Gasteiger partial charge in [0.15, 0.2) is 6.29 Å². The predicted molar refractivity (Wildman–Crippen MR) is 114 cm³/mol. The lowest BCUT2D eigenvalue weighted by Crippen LogP contribution is -2.64. The van der Waals surface area contributed by atoms with Crippen molar-refractivity contribution in [2.45, 2.75) is 109 Å². The molecule has 0 radical (unpaired) electrons. The van der Waals surface area contributed by atoms with Crippen LogP contribution in [0.1, 0.15) is 78.1 Å². The van der Waals surface area contributed by atoms with E-state index in [1.54, 1.807) is 0 Å². The average Bonchev–Trinajstić information content (AvgIpc) is 2.72. The van der Waals surface area contributed by atoms with Crippen molar-refractivity contribution in [1.29, 1.82) is 0 Å². The monoisotopic (exact) mass is 433 g/mol. The van der Waals surface area contributed by atoms with E-state index in [0.717, 1.165) is 12.8 Å². The SMILES string of the molecule is CCCCCCCCCCCCOCCOC1O[C@H](CO)[C@@H](O)[C@H](O)[C@H]1NC(C)=O. The van der Waals surface area contributed by atoms with Crippen molar-refractivity contribution in [3.05, 3.63) is 0 Å². The van der Waals surface area contributed by atoms with E-state index in [9.17, 15) is 20.1 Å². The van der Waals surface area contributed by atoms with Gasteiger partial charge in [-0.1, -0.05) is 64.7 Å². The first-order chi connectivity index (χ1) is 14.5. The molecule has 1 aliphatic rings. The standard InChI is InChI=1S/C22H43NO7/c1-3-4-5-6-7-8-9-10-11-12-13-28-14-15-29-22-19(23-17(2)25)21(27)20(26)18(16-24)30-22/h18-22,24,26-27H,3-16H2,1-2H3,(H,23,25)/t18-,19-,20-,21-,22?/m1/s1. The van der Waals surface area contributed by atoms with E-state index in [4.69, 9.17) is 14.2 Å². The van der Waals surface area contributed by atoms with Gasteiger partial charge in [0, 0.05) is 13.5 Å². The zero-order valence-electron chi connectivity index (χ0n) is 18.8.